The van der Waals surface area contributed by atoms with E-state index in [1.54, 1.807) is 0 Å². The number of nitrogens with one attached hydrogen (secondary N) is 3. The van der Waals surface area contributed by atoms with Gasteiger partial charge >= 0.3 is 0 Å². The van der Waals surface area contributed by atoms with Gasteiger partial charge in [-0.2, -0.15) is 9.97 Å². The predicted molar refractivity (Wildman–Crippen MR) is 161 cm³/mol. The van der Waals surface area contributed by atoms with Crippen molar-refractivity contribution in [1.29, 1.82) is 0 Å². The molecular weight excluding hydrogens is 512 g/mol. The first-order chi connectivity index (χ1) is 18.8. The van der Waals surface area contributed by atoms with Crippen LogP contribution in [-0.4, -0.2) is 100 Å². The Morgan fingerprint density at radius 3 is 2.31 bits per heavy atom. The molecule has 0 radical (unpaired) electrons. The summed E-state index contributed by atoms with van der Waals surface area (Å²) in [5.74, 6) is 3.57. The maximum atomic E-state index is 11.5. The maximum Gasteiger partial charge on any atom is 0.226 e. The Kier molecular flexibility index (Phi) is 11.9. The largest absolute Gasteiger partial charge is 0.383 e. The molecule has 4 rings (SSSR count). The topological polar surface area (TPSA) is 129 Å². The van der Waals surface area contributed by atoms with Gasteiger partial charge in [0.1, 0.15) is 21.5 Å². The second-order valence-corrected chi connectivity index (χ2v) is 14.3. The SMILES string of the molecule is CS(=O)(=O)CCN1CCN(c2cc(N)nc(NC[C@H]3CC[C@H](CNCCCNC4CCCCC4)CC3)n2)CC1. The molecule has 0 spiro atoms. The summed E-state index contributed by atoms with van der Waals surface area (Å²) in [6.07, 6.45) is 14.5. The van der Waals surface area contributed by atoms with Gasteiger partial charge < -0.3 is 26.6 Å². The first-order valence-electron chi connectivity index (χ1n) is 15.3. The quantitative estimate of drug-likeness (QED) is 0.250. The normalized spacial score (nSPS) is 23.7. The van der Waals surface area contributed by atoms with Crippen molar-refractivity contribution in [3.8, 4) is 0 Å². The van der Waals surface area contributed by atoms with Crippen LogP contribution in [0.15, 0.2) is 6.07 Å². The van der Waals surface area contributed by atoms with E-state index in [1.807, 2.05) is 6.07 Å². The molecule has 1 aliphatic heterocycles. The lowest BCUT2D eigenvalue weighted by Crippen LogP contribution is -2.48. The van der Waals surface area contributed by atoms with E-state index in [9.17, 15) is 8.42 Å². The number of hydrogen-bond donors (Lipinski definition) is 4. The zero-order valence-electron chi connectivity index (χ0n) is 24.0. The highest BCUT2D eigenvalue weighted by molar-refractivity contribution is 7.90. The summed E-state index contributed by atoms with van der Waals surface area (Å²) >= 11 is 0. The molecule has 1 saturated heterocycles. The number of sulfone groups is 1. The lowest BCUT2D eigenvalue weighted by molar-refractivity contribution is 0.271. The summed E-state index contributed by atoms with van der Waals surface area (Å²) in [6.45, 7) is 8.11. The van der Waals surface area contributed by atoms with Gasteiger partial charge in [-0.05, 0) is 76.4 Å². The van der Waals surface area contributed by atoms with Crippen LogP contribution in [0.4, 0.5) is 17.6 Å². The van der Waals surface area contributed by atoms with Crippen LogP contribution in [0.1, 0.15) is 64.2 Å². The number of nitrogen functional groups attached to an aromatic ring is 1. The van der Waals surface area contributed by atoms with E-state index in [4.69, 9.17) is 10.7 Å². The number of aromatic nitrogens is 2. The predicted octanol–water partition coefficient (Wildman–Crippen LogP) is 2.35. The highest BCUT2D eigenvalue weighted by Gasteiger charge is 2.23. The van der Waals surface area contributed by atoms with Gasteiger partial charge in [0.15, 0.2) is 0 Å². The number of nitrogens with two attached hydrogens (primary N) is 1. The van der Waals surface area contributed by atoms with Gasteiger partial charge in [0.05, 0.1) is 5.75 Å². The monoisotopic (exact) mass is 564 g/mol. The van der Waals surface area contributed by atoms with Crippen molar-refractivity contribution >= 4 is 27.4 Å². The maximum absolute atomic E-state index is 11.5. The Morgan fingerprint density at radius 2 is 1.62 bits per heavy atom. The van der Waals surface area contributed by atoms with E-state index in [-0.39, 0.29) is 5.75 Å². The van der Waals surface area contributed by atoms with Crippen molar-refractivity contribution in [2.75, 3.05) is 86.9 Å². The van der Waals surface area contributed by atoms with Crippen LogP contribution < -0.4 is 26.6 Å². The smallest absolute Gasteiger partial charge is 0.226 e. The van der Waals surface area contributed by atoms with E-state index in [0.29, 0.717) is 24.2 Å². The summed E-state index contributed by atoms with van der Waals surface area (Å²) in [5, 5.41) is 10.9. The summed E-state index contributed by atoms with van der Waals surface area (Å²) in [5.41, 5.74) is 6.12. The Morgan fingerprint density at radius 1 is 0.923 bits per heavy atom. The first kappa shape index (κ1) is 30.3. The number of piperazine rings is 1. The van der Waals surface area contributed by atoms with E-state index in [0.717, 1.165) is 70.1 Å². The van der Waals surface area contributed by atoms with Gasteiger partial charge in [-0.1, -0.05) is 19.3 Å². The van der Waals surface area contributed by atoms with Gasteiger partial charge in [0.2, 0.25) is 5.95 Å². The standard InChI is InChI=1S/C28H52N8O2S/c1-39(37,38)19-18-35-14-16-36(17-15-35)27-20-26(29)33-28(34-27)32-22-24-10-8-23(9-11-24)21-30-12-5-13-31-25-6-3-2-4-7-25/h20,23-25,30-31H,2-19,21-22H2,1H3,(H3,29,32,33,34)/t23-,24-. The van der Waals surface area contributed by atoms with Crippen LogP contribution in [0.2, 0.25) is 0 Å². The second-order valence-electron chi connectivity index (χ2n) is 12.0. The Hall–Kier alpha value is -1.69. The molecule has 222 valence electrons. The van der Waals surface area contributed by atoms with Crippen LogP contribution in [0.25, 0.3) is 0 Å². The van der Waals surface area contributed by atoms with Gasteiger partial charge in [-0.3, -0.25) is 4.90 Å². The van der Waals surface area contributed by atoms with Crippen LogP contribution in [0.5, 0.6) is 0 Å². The van der Waals surface area contributed by atoms with Crippen molar-refractivity contribution in [3.05, 3.63) is 6.07 Å². The fourth-order valence-corrected chi connectivity index (χ4v) is 6.79. The van der Waals surface area contributed by atoms with Crippen molar-refractivity contribution in [2.45, 2.75) is 70.3 Å². The van der Waals surface area contributed by atoms with E-state index in [2.05, 4.69) is 30.7 Å². The van der Waals surface area contributed by atoms with E-state index in [1.165, 1.54) is 70.5 Å². The fourth-order valence-electron chi connectivity index (χ4n) is 6.20. The molecule has 0 bridgehead atoms. The fraction of sp³-hybridized carbons (Fsp3) is 0.857. The van der Waals surface area contributed by atoms with Crippen LogP contribution in [0.3, 0.4) is 0 Å². The molecule has 2 saturated carbocycles. The third kappa shape index (κ3) is 11.0. The zero-order chi connectivity index (χ0) is 27.5. The minimum Gasteiger partial charge on any atom is -0.383 e. The van der Waals surface area contributed by atoms with Gasteiger partial charge in [-0.25, -0.2) is 8.42 Å². The number of anilines is 3. The minimum atomic E-state index is -2.94. The molecule has 0 atom stereocenters. The van der Waals surface area contributed by atoms with E-state index >= 15 is 0 Å². The molecule has 3 aliphatic rings. The highest BCUT2D eigenvalue weighted by atomic mass is 32.2. The molecule has 2 heterocycles. The molecular formula is C28H52N8O2S. The Bertz CT molecular complexity index is 956. The van der Waals surface area contributed by atoms with Gasteiger partial charge in [0, 0.05) is 57.6 Å². The third-order valence-corrected chi connectivity index (χ3v) is 9.65. The average Bonchev–Trinajstić information content (AvgIpc) is 2.93. The average molecular weight is 565 g/mol. The third-order valence-electron chi connectivity index (χ3n) is 8.72. The van der Waals surface area contributed by atoms with Crippen molar-refractivity contribution < 1.29 is 8.42 Å². The number of nitrogens with zero attached hydrogens (tertiary/aromatic N) is 4. The van der Waals surface area contributed by atoms with Gasteiger partial charge in [0.25, 0.3) is 0 Å². The number of rotatable bonds is 14. The van der Waals surface area contributed by atoms with Crippen LogP contribution in [-0.2, 0) is 9.84 Å². The molecule has 39 heavy (non-hydrogen) atoms. The van der Waals surface area contributed by atoms with Crippen LogP contribution in [0, 0.1) is 11.8 Å². The summed E-state index contributed by atoms with van der Waals surface area (Å²) in [4.78, 5) is 13.6. The molecule has 0 aromatic carbocycles. The Balaban J connectivity index is 1.09. The van der Waals surface area contributed by atoms with Crippen molar-refractivity contribution in [3.63, 3.8) is 0 Å². The molecule has 1 aromatic rings. The lowest BCUT2D eigenvalue weighted by Gasteiger charge is -2.35. The van der Waals surface area contributed by atoms with E-state index < -0.39 is 9.84 Å². The first-order valence-corrected chi connectivity index (χ1v) is 17.4. The minimum absolute atomic E-state index is 0.206. The number of hydrogen-bond acceptors (Lipinski definition) is 10. The molecule has 10 nitrogen and oxygen atoms in total. The summed E-state index contributed by atoms with van der Waals surface area (Å²) in [6, 6.07) is 2.60. The zero-order valence-corrected chi connectivity index (χ0v) is 24.9. The lowest BCUT2D eigenvalue weighted by atomic mass is 9.82. The molecule has 5 N–H and O–H groups in total. The van der Waals surface area contributed by atoms with Crippen molar-refractivity contribution in [1.82, 2.24) is 25.5 Å². The molecule has 3 fully saturated rings. The Labute approximate surface area is 236 Å². The summed E-state index contributed by atoms with van der Waals surface area (Å²) < 4.78 is 22.9. The molecule has 2 aliphatic carbocycles. The molecule has 0 unspecified atom stereocenters. The second kappa shape index (κ2) is 15.3. The highest BCUT2D eigenvalue weighted by Crippen LogP contribution is 2.29. The van der Waals surface area contributed by atoms with Crippen molar-refractivity contribution in [2.24, 2.45) is 11.8 Å². The molecule has 11 heteroatoms. The van der Waals surface area contributed by atoms with Crippen LogP contribution >= 0.6 is 0 Å². The summed E-state index contributed by atoms with van der Waals surface area (Å²) in [7, 11) is -2.94. The van der Waals surface area contributed by atoms with Gasteiger partial charge in [-0.15, -0.1) is 0 Å². The molecule has 0 amide bonds. The molecule has 1 aromatic heterocycles.